The first-order valence-electron chi connectivity index (χ1n) is 12.4. The fourth-order valence-electron chi connectivity index (χ4n) is 4.41. The van der Waals surface area contributed by atoms with Gasteiger partial charge in [0, 0.05) is 36.7 Å². The number of aromatic nitrogens is 2. The molecule has 1 aromatic carbocycles. The van der Waals surface area contributed by atoms with Gasteiger partial charge >= 0.3 is 6.18 Å². The number of likely N-dealkylation sites (tertiary alicyclic amines) is 1. The molecule has 4 rings (SSSR count). The van der Waals surface area contributed by atoms with Crippen molar-refractivity contribution in [2.75, 3.05) is 26.2 Å². The molecule has 3 heterocycles. The molecule has 0 atom stereocenters. The number of rotatable bonds is 11. The van der Waals surface area contributed by atoms with Gasteiger partial charge in [0.25, 0.3) is 0 Å². The highest BCUT2D eigenvalue weighted by molar-refractivity contribution is 5.82. The lowest BCUT2D eigenvalue weighted by Crippen LogP contribution is -2.31. The number of fused-ring (bicyclic) bond motifs is 1. The number of pyridine rings is 1. The summed E-state index contributed by atoms with van der Waals surface area (Å²) in [7, 11) is 0. The molecule has 0 bridgehead atoms. The predicted octanol–water partition coefficient (Wildman–Crippen LogP) is 5.68. The highest BCUT2D eigenvalue weighted by atomic mass is 19.4. The number of carbonyl (C=O) groups excluding carboxylic acids is 1. The molecule has 1 fully saturated rings. The smallest absolute Gasteiger partial charge is 0.389 e. The normalized spacial score (nSPS) is 15.1. The maximum absolute atomic E-state index is 12.4. The van der Waals surface area contributed by atoms with Gasteiger partial charge in [0.2, 0.25) is 0 Å². The van der Waals surface area contributed by atoms with Crippen molar-refractivity contribution < 1.29 is 22.8 Å². The molecule has 6 nitrogen and oxygen atoms in total. The van der Waals surface area contributed by atoms with Gasteiger partial charge in [-0.15, -0.1) is 0 Å². The SMILES string of the molecule is O=C(CCC(F)(F)F)Cc1cccc(-c2cnc3cc(C=NOCCCN4CCCCC4)ccn23)c1. The summed E-state index contributed by atoms with van der Waals surface area (Å²) in [6, 6.07) is 11.1. The summed E-state index contributed by atoms with van der Waals surface area (Å²) in [5.41, 5.74) is 3.93. The van der Waals surface area contributed by atoms with Crippen LogP contribution in [0.4, 0.5) is 13.2 Å². The van der Waals surface area contributed by atoms with E-state index in [1.54, 1.807) is 24.5 Å². The second kappa shape index (κ2) is 12.2. The molecule has 1 saturated heterocycles. The first kappa shape index (κ1) is 25.9. The summed E-state index contributed by atoms with van der Waals surface area (Å²) in [6.45, 7) is 3.99. The summed E-state index contributed by atoms with van der Waals surface area (Å²) < 4.78 is 39.1. The average Bonchev–Trinajstić information content (AvgIpc) is 3.29. The molecule has 0 radical (unpaired) electrons. The van der Waals surface area contributed by atoms with Crippen molar-refractivity contribution in [3.05, 3.63) is 59.9 Å². The Hall–Kier alpha value is -3.20. The van der Waals surface area contributed by atoms with Gasteiger partial charge < -0.3 is 9.74 Å². The van der Waals surface area contributed by atoms with Gasteiger partial charge in [0.15, 0.2) is 0 Å². The maximum atomic E-state index is 12.4. The number of piperidine rings is 1. The van der Waals surface area contributed by atoms with Crippen LogP contribution in [-0.4, -0.2) is 58.7 Å². The Morgan fingerprint density at radius 2 is 1.97 bits per heavy atom. The van der Waals surface area contributed by atoms with Gasteiger partial charge in [-0.1, -0.05) is 29.8 Å². The van der Waals surface area contributed by atoms with Crippen LogP contribution in [0.15, 0.2) is 53.9 Å². The molecule has 1 aliphatic rings. The number of nitrogens with zero attached hydrogens (tertiary/aromatic N) is 4. The van der Waals surface area contributed by atoms with Crippen LogP contribution in [0, 0.1) is 0 Å². The third-order valence-electron chi connectivity index (χ3n) is 6.28. The van der Waals surface area contributed by atoms with E-state index in [1.165, 1.54) is 32.4 Å². The van der Waals surface area contributed by atoms with Crippen molar-refractivity contribution in [2.45, 2.75) is 51.1 Å². The largest absolute Gasteiger partial charge is 0.396 e. The Morgan fingerprint density at radius 3 is 2.78 bits per heavy atom. The molecule has 2 aromatic heterocycles. The molecule has 0 aliphatic carbocycles. The zero-order chi connectivity index (χ0) is 25.4. The van der Waals surface area contributed by atoms with Crippen molar-refractivity contribution in [3.63, 3.8) is 0 Å². The van der Waals surface area contributed by atoms with Crippen molar-refractivity contribution in [2.24, 2.45) is 5.16 Å². The molecule has 0 spiro atoms. The standard InChI is InChI=1S/C27H31F3N4O2/c28-27(29,30)10-8-24(35)17-21-6-4-7-23(16-21)25-20-31-26-18-22(9-14-34(25)26)19-32-36-15-5-13-33-11-2-1-3-12-33/h4,6-7,9,14,16,18-20H,1-3,5,8,10-13,15,17H2. The number of hydrogen-bond acceptors (Lipinski definition) is 5. The maximum Gasteiger partial charge on any atom is 0.389 e. The minimum Gasteiger partial charge on any atom is -0.396 e. The summed E-state index contributed by atoms with van der Waals surface area (Å²) in [4.78, 5) is 24.4. The fourth-order valence-corrected chi connectivity index (χ4v) is 4.41. The minimum atomic E-state index is -4.32. The molecule has 0 unspecified atom stereocenters. The fraction of sp³-hybridized carbons (Fsp3) is 0.444. The Morgan fingerprint density at radius 1 is 1.14 bits per heavy atom. The Bertz CT molecular complexity index is 1180. The number of carbonyl (C=O) groups is 1. The van der Waals surface area contributed by atoms with Gasteiger partial charge in [-0.05, 0) is 56.1 Å². The van der Waals surface area contributed by atoms with Crippen LogP contribution in [0.25, 0.3) is 16.9 Å². The summed E-state index contributed by atoms with van der Waals surface area (Å²) >= 11 is 0. The summed E-state index contributed by atoms with van der Waals surface area (Å²) in [6.07, 6.45) is 4.20. The second-order valence-corrected chi connectivity index (χ2v) is 9.19. The Labute approximate surface area is 208 Å². The van der Waals surface area contributed by atoms with Gasteiger partial charge in [-0.3, -0.25) is 9.20 Å². The molecular formula is C27H31F3N4O2. The van der Waals surface area contributed by atoms with Crippen molar-refractivity contribution >= 4 is 17.6 Å². The van der Waals surface area contributed by atoms with Crippen LogP contribution in [0.3, 0.4) is 0 Å². The van der Waals surface area contributed by atoms with E-state index in [-0.39, 0.29) is 6.42 Å². The quantitative estimate of drug-likeness (QED) is 0.193. The highest BCUT2D eigenvalue weighted by Gasteiger charge is 2.27. The zero-order valence-electron chi connectivity index (χ0n) is 20.2. The molecule has 9 heteroatoms. The first-order chi connectivity index (χ1) is 17.4. The molecule has 0 amide bonds. The van der Waals surface area contributed by atoms with E-state index in [0.717, 1.165) is 35.4 Å². The number of hydrogen-bond donors (Lipinski definition) is 0. The molecule has 36 heavy (non-hydrogen) atoms. The van der Waals surface area contributed by atoms with E-state index in [2.05, 4.69) is 15.0 Å². The predicted molar refractivity (Wildman–Crippen MR) is 133 cm³/mol. The summed E-state index contributed by atoms with van der Waals surface area (Å²) in [5.74, 6) is -0.430. The molecule has 192 valence electrons. The van der Waals surface area contributed by atoms with E-state index in [0.29, 0.717) is 12.2 Å². The van der Waals surface area contributed by atoms with Crippen LogP contribution < -0.4 is 0 Å². The number of benzene rings is 1. The molecule has 0 N–H and O–H groups in total. The average molecular weight is 501 g/mol. The number of imidazole rings is 1. The van der Waals surface area contributed by atoms with Crippen LogP contribution in [0.1, 0.15) is 49.7 Å². The zero-order valence-corrected chi connectivity index (χ0v) is 20.2. The topological polar surface area (TPSA) is 59.2 Å². The first-order valence-corrected chi connectivity index (χ1v) is 12.4. The third-order valence-corrected chi connectivity index (χ3v) is 6.28. The van der Waals surface area contributed by atoms with E-state index in [4.69, 9.17) is 4.84 Å². The lowest BCUT2D eigenvalue weighted by atomic mass is 10.0. The van der Waals surface area contributed by atoms with Crippen molar-refractivity contribution in [1.82, 2.24) is 14.3 Å². The monoisotopic (exact) mass is 500 g/mol. The van der Waals surface area contributed by atoms with Gasteiger partial charge in [-0.2, -0.15) is 13.2 Å². The number of ketones is 1. The van der Waals surface area contributed by atoms with E-state index >= 15 is 0 Å². The number of halogens is 3. The Balaban J connectivity index is 1.32. The van der Waals surface area contributed by atoms with Gasteiger partial charge in [0.1, 0.15) is 18.0 Å². The minimum absolute atomic E-state index is 0.0285. The second-order valence-electron chi connectivity index (χ2n) is 9.19. The van der Waals surface area contributed by atoms with Crippen molar-refractivity contribution in [3.8, 4) is 11.3 Å². The Kier molecular flexibility index (Phi) is 8.74. The van der Waals surface area contributed by atoms with Crippen LogP contribution in [0.2, 0.25) is 0 Å². The van der Waals surface area contributed by atoms with Crippen LogP contribution in [-0.2, 0) is 16.1 Å². The molecule has 3 aromatic rings. The third kappa shape index (κ3) is 7.65. The van der Waals surface area contributed by atoms with E-state index in [1.807, 2.05) is 34.9 Å². The number of oxime groups is 1. The van der Waals surface area contributed by atoms with Crippen molar-refractivity contribution in [1.29, 1.82) is 0 Å². The molecule has 0 saturated carbocycles. The van der Waals surface area contributed by atoms with Gasteiger partial charge in [-0.25, -0.2) is 4.98 Å². The highest BCUT2D eigenvalue weighted by Crippen LogP contribution is 2.24. The van der Waals surface area contributed by atoms with Crippen LogP contribution in [0.5, 0.6) is 0 Å². The number of Topliss-reactive ketones (excluding diaryl/α,β-unsaturated/α-hetero) is 1. The van der Waals surface area contributed by atoms with E-state index in [9.17, 15) is 18.0 Å². The summed E-state index contributed by atoms with van der Waals surface area (Å²) in [5, 5.41) is 4.08. The van der Waals surface area contributed by atoms with Crippen LogP contribution >= 0.6 is 0 Å². The molecule has 1 aliphatic heterocycles. The van der Waals surface area contributed by atoms with Gasteiger partial charge in [0.05, 0.1) is 24.5 Å². The lowest BCUT2D eigenvalue weighted by Gasteiger charge is -2.25. The number of alkyl halides is 3. The molecular weight excluding hydrogens is 469 g/mol. The lowest BCUT2D eigenvalue weighted by molar-refractivity contribution is -0.143. The van der Waals surface area contributed by atoms with E-state index < -0.39 is 24.8 Å².